The van der Waals surface area contributed by atoms with Gasteiger partial charge in [-0.25, -0.2) is 0 Å². The Morgan fingerprint density at radius 1 is 1.31 bits per heavy atom. The largest absolute Gasteiger partial charge is 0.327 e. The van der Waals surface area contributed by atoms with Gasteiger partial charge >= 0.3 is 0 Å². The molecule has 88 valence electrons. The summed E-state index contributed by atoms with van der Waals surface area (Å²) in [6.07, 6.45) is 2.91. The predicted molar refractivity (Wildman–Crippen MR) is 71.6 cm³/mol. The van der Waals surface area contributed by atoms with Gasteiger partial charge in [-0.05, 0) is 49.8 Å². The van der Waals surface area contributed by atoms with Gasteiger partial charge in [0.1, 0.15) is 0 Å². The molecule has 1 atom stereocenters. The molecule has 16 heavy (non-hydrogen) atoms. The van der Waals surface area contributed by atoms with Gasteiger partial charge < -0.3 is 5.73 Å². The number of nitrogens with two attached hydrogens (primary N) is 1. The highest BCUT2D eigenvalue weighted by Gasteiger charge is 2.06. The highest BCUT2D eigenvalue weighted by atomic mass is 14.6. The van der Waals surface area contributed by atoms with E-state index in [0.29, 0.717) is 0 Å². The second-order valence-corrected chi connectivity index (χ2v) is 4.69. The van der Waals surface area contributed by atoms with Crippen molar-refractivity contribution in [1.82, 2.24) is 0 Å². The Morgan fingerprint density at radius 3 is 2.56 bits per heavy atom. The number of aryl methyl sites for hydroxylation is 2. The molecule has 0 aliphatic carbocycles. The monoisotopic (exact) mass is 217 g/mol. The van der Waals surface area contributed by atoms with Crippen molar-refractivity contribution in [1.29, 1.82) is 0 Å². The fourth-order valence-electron chi connectivity index (χ4n) is 1.82. The van der Waals surface area contributed by atoms with Crippen molar-refractivity contribution >= 4 is 0 Å². The first-order valence-corrected chi connectivity index (χ1v) is 6.01. The van der Waals surface area contributed by atoms with Crippen LogP contribution in [0.1, 0.15) is 36.5 Å². The van der Waals surface area contributed by atoms with Crippen LogP contribution in [0, 0.1) is 13.8 Å². The van der Waals surface area contributed by atoms with E-state index in [9.17, 15) is 0 Å². The predicted octanol–water partition coefficient (Wildman–Crippen LogP) is 3.53. The number of benzene rings is 1. The van der Waals surface area contributed by atoms with Gasteiger partial charge in [-0.3, -0.25) is 0 Å². The lowest BCUT2D eigenvalue weighted by Crippen LogP contribution is -2.23. The Morgan fingerprint density at radius 2 is 2.00 bits per heavy atom. The van der Waals surface area contributed by atoms with E-state index < -0.39 is 0 Å². The molecule has 0 bridgehead atoms. The van der Waals surface area contributed by atoms with Crippen molar-refractivity contribution in [3.8, 4) is 0 Å². The third kappa shape index (κ3) is 3.82. The first kappa shape index (κ1) is 13.0. The molecule has 0 aromatic heterocycles. The Balaban J connectivity index is 2.59. The van der Waals surface area contributed by atoms with Crippen LogP contribution in [0.2, 0.25) is 0 Å². The molecule has 1 rings (SSSR count). The molecule has 1 unspecified atom stereocenters. The van der Waals surface area contributed by atoms with E-state index in [1.165, 1.54) is 22.3 Å². The highest BCUT2D eigenvalue weighted by molar-refractivity contribution is 5.30. The summed E-state index contributed by atoms with van der Waals surface area (Å²) in [6.45, 7) is 10.4. The molecule has 1 aromatic carbocycles. The van der Waals surface area contributed by atoms with Gasteiger partial charge in [-0.2, -0.15) is 0 Å². The van der Waals surface area contributed by atoms with Crippen LogP contribution in [0.3, 0.4) is 0 Å². The molecule has 2 N–H and O–H groups in total. The Labute approximate surface area is 99.4 Å². The van der Waals surface area contributed by atoms with Crippen molar-refractivity contribution in [3.05, 3.63) is 47.0 Å². The van der Waals surface area contributed by atoms with E-state index in [1.807, 2.05) is 0 Å². The van der Waals surface area contributed by atoms with Crippen molar-refractivity contribution in [2.45, 2.75) is 46.1 Å². The maximum Gasteiger partial charge on any atom is 0.0117 e. The van der Waals surface area contributed by atoms with Crippen molar-refractivity contribution in [3.63, 3.8) is 0 Å². The second kappa shape index (κ2) is 5.86. The minimum absolute atomic E-state index is 0.203. The second-order valence-electron chi connectivity index (χ2n) is 4.69. The van der Waals surface area contributed by atoms with E-state index in [2.05, 4.69) is 45.5 Å². The summed E-state index contributed by atoms with van der Waals surface area (Å²) < 4.78 is 0. The zero-order chi connectivity index (χ0) is 12.1. The molecule has 1 nitrogen and oxygen atoms in total. The Hall–Kier alpha value is -1.08. The molecular weight excluding hydrogens is 194 g/mol. The average Bonchev–Trinajstić information content (AvgIpc) is 2.23. The summed E-state index contributed by atoms with van der Waals surface area (Å²) in [4.78, 5) is 0. The zero-order valence-electron chi connectivity index (χ0n) is 10.7. The number of hydrogen-bond donors (Lipinski definition) is 1. The summed E-state index contributed by atoms with van der Waals surface area (Å²) in [5.74, 6) is 0. The van der Waals surface area contributed by atoms with Crippen LogP contribution in [0.25, 0.3) is 0 Å². The van der Waals surface area contributed by atoms with Gasteiger partial charge in [0, 0.05) is 6.04 Å². The van der Waals surface area contributed by atoms with E-state index >= 15 is 0 Å². The lowest BCUT2D eigenvalue weighted by molar-refractivity contribution is 0.650. The van der Waals surface area contributed by atoms with Crippen molar-refractivity contribution in [2.75, 3.05) is 0 Å². The summed E-state index contributed by atoms with van der Waals surface area (Å²) in [7, 11) is 0. The van der Waals surface area contributed by atoms with Crippen molar-refractivity contribution in [2.24, 2.45) is 5.73 Å². The number of hydrogen-bond acceptors (Lipinski definition) is 1. The molecule has 0 heterocycles. The molecule has 1 aromatic rings. The first-order valence-electron chi connectivity index (χ1n) is 6.01. The minimum atomic E-state index is 0.203. The molecular formula is C15H23N. The van der Waals surface area contributed by atoms with E-state index in [4.69, 9.17) is 5.73 Å². The lowest BCUT2D eigenvalue weighted by Gasteiger charge is -2.13. The van der Waals surface area contributed by atoms with Crippen LogP contribution < -0.4 is 5.73 Å². The fourth-order valence-corrected chi connectivity index (χ4v) is 1.82. The molecule has 0 radical (unpaired) electrons. The molecule has 0 amide bonds. The van der Waals surface area contributed by atoms with E-state index in [0.717, 1.165) is 19.3 Å². The fraction of sp³-hybridized carbons (Fsp3) is 0.467. The Bertz CT molecular complexity index is 366. The first-order chi connectivity index (χ1) is 7.52. The van der Waals surface area contributed by atoms with Gasteiger partial charge in [-0.1, -0.05) is 37.3 Å². The highest BCUT2D eigenvalue weighted by Crippen LogP contribution is 2.14. The number of rotatable bonds is 5. The van der Waals surface area contributed by atoms with Crippen LogP contribution in [0.15, 0.2) is 30.4 Å². The van der Waals surface area contributed by atoms with Crippen LogP contribution in [-0.2, 0) is 6.42 Å². The zero-order valence-corrected chi connectivity index (χ0v) is 10.7. The molecule has 1 heteroatoms. The maximum atomic E-state index is 6.11. The average molecular weight is 217 g/mol. The summed E-state index contributed by atoms with van der Waals surface area (Å²) in [6, 6.07) is 6.79. The standard InChI is InChI=1S/C15H23N/c1-5-11(2)8-15(16)10-14-7-6-12(3)13(4)9-14/h6-7,9,15H,2,5,8,10,16H2,1,3-4H3. The molecule has 0 saturated carbocycles. The van der Waals surface area contributed by atoms with Gasteiger partial charge in [0.15, 0.2) is 0 Å². The minimum Gasteiger partial charge on any atom is -0.327 e. The topological polar surface area (TPSA) is 26.0 Å². The molecule has 0 spiro atoms. The SMILES string of the molecule is C=C(CC)CC(N)Cc1ccc(C)c(C)c1. The lowest BCUT2D eigenvalue weighted by atomic mass is 9.97. The van der Waals surface area contributed by atoms with Crippen LogP contribution in [0.5, 0.6) is 0 Å². The van der Waals surface area contributed by atoms with Crippen LogP contribution in [0.4, 0.5) is 0 Å². The van der Waals surface area contributed by atoms with Gasteiger partial charge in [0.05, 0.1) is 0 Å². The summed E-state index contributed by atoms with van der Waals surface area (Å²) in [5, 5.41) is 0. The van der Waals surface area contributed by atoms with Gasteiger partial charge in [-0.15, -0.1) is 0 Å². The third-order valence-electron chi connectivity index (χ3n) is 3.12. The molecule has 0 aliphatic rings. The summed E-state index contributed by atoms with van der Waals surface area (Å²) >= 11 is 0. The Kier molecular flexibility index (Phi) is 4.75. The molecule has 0 saturated heterocycles. The molecule has 0 aliphatic heterocycles. The normalized spacial score (nSPS) is 12.5. The van der Waals surface area contributed by atoms with Crippen LogP contribution >= 0.6 is 0 Å². The maximum absolute atomic E-state index is 6.11. The summed E-state index contributed by atoms with van der Waals surface area (Å²) in [5.41, 5.74) is 11.4. The van der Waals surface area contributed by atoms with E-state index in [1.54, 1.807) is 0 Å². The van der Waals surface area contributed by atoms with Crippen molar-refractivity contribution < 1.29 is 0 Å². The van der Waals surface area contributed by atoms with Gasteiger partial charge in [0.2, 0.25) is 0 Å². The van der Waals surface area contributed by atoms with Gasteiger partial charge in [0.25, 0.3) is 0 Å². The third-order valence-corrected chi connectivity index (χ3v) is 3.12. The smallest absolute Gasteiger partial charge is 0.0117 e. The van der Waals surface area contributed by atoms with Crippen LogP contribution in [-0.4, -0.2) is 6.04 Å². The van der Waals surface area contributed by atoms with E-state index in [-0.39, 0.29) is 6.04 Å². The quantitative estimate of drug-likeness (QED) is 0.750. The molecule has 0 fully saturated rings.